The van der Waals surface area contributed by atoms with Gasteiger partial charge in [-0.25, -0.2) is 8.42 Å². The Bertz CT molecular complexity index is 265. The van der Waals surface area contributed by atoms with Crippen LogP contribution in [0.3, 0.4) is 0 Å². The summed E-state index contributed by atoms with van der Waals surface area (Å²) in [6, 6.07) is 0. The summed E-state index contributed by atoms with van der Waals surface area (Å²) in [4.78, 5) is 11.2. The molecule has 0 atom stereocenters. The summed E-state index contributed by atoms with van der Waals surface area (Å²) < 4.78 is 22.5. The van der Waals surface area contributed by atoms with Gasteiger partial charge in [-0.05, 0) is 12.8 Å². The molecule has 0 aliphatic heterocycles. The van der Waals surface area contributed by atoms with Crippen LogP contribution in [0.1, 0.15) is 40.0 Å². The van der Waals surface area contributed by atoms with E-state index in [0.717, 1.165) is 0 Å². The minimum Gasteiger partial charge on any atom is -0.299 e. The molecular formula is C10H20O3S. The summed E-state index contributed by atoms with van der Waals surface area (Å²) in [6.45, 7) is 5.52. The SMILES string of the molecule is CCCS(=O)(=O)CCCC(=O)C(C)C. The summed E-state index contributed by atoms with van der Waals surface area (Å²) in [6.07, 6.45) is 1.51. The van der Waals surface area contributed by atoms with E-state index >= 15 is 0 Å². The average Bonchev–Trinajstić information content (AvgIpc) is 2.03. The van der Waals surface area contributed by atoms with Gasteiger partial charge < -0.3 is 0 Å². The summed E-state index contributed by atoms with van der Waals surface area (Å²) in [7, 11) is -2.91. The van der Waals surface area contributed by atoms with Crippen LogP contribution in [0.5, 0.6) is 0 Å². The van der Waals surface area contributed by atoms with Crippen LogP contribution in [0.4, 0.5) is 0 Å². The van der Waals surface area contributed by atoms with Crippen LogP contribution in [0.2, 0.25) is 0 Å². The van der Waals surface area contributed by atoms with Crippen LogP contribution in [-0.2, 0) is 14.6 Å². The van der Waals surface area contributed by atoms with Crippen LogP contribution >= 0.6 is 0 Å². The Morgan fingerprint density at radius 3 is 2.21 bits per heavy atom. The Morgan fingerprint density at radius 1 is 1.21 bits per heavy atom. The monoisotopic (exact) mass is 220 g/mol. The second kappa shape index (κ2) is 6.17. The Balaban J connectivity index is 3.80. The van der Waals surface area contributed by atoms with Crippen molar-refractivity contribution in [2.45, 2.75) is 40.0 Å². The molecule has 14 heavy (non-hydrogen) atoms. The fraction of sp³-hybridized carbons (Fsp3) is 0.900. The number of carbonyl (C=O) groups excluding carboxylic acids is 1. The molecule has 0 heterocycles. The highest BCUT2D eigenvalue weighted by Crippen LogP contribution is 2.04. The maximum absolute atomic E-state index is 11.3. The fourth-order valence-electron chi connectivity index (χ4n) is 1.17. The van der Waals surface area contributed by atoms with E-state index in [1.165, 1.54) is 0 Å². The first-order valence-electron chi connectivity index (χ1n) is 5.12. The van der Waals surface area contributed by atoms with E-state index < -0.39 is 9.84 Å². The molecule has 4 heteroatoms. The number of ketones is 1. The van der Waals surface area contributed by atoms with Gasteiger partial charge in [0.05, 0.1) is 5.75 Å². The largest absolute Gasteiger partial charge is 0.299 e. The number of carbonyl (C=O) groups is 1. The quantitative estimate of drug-likeness (QED) is 0.657. The van der Waals surface area contributed by atoms with E-state index in [4.69, 9.17) is 0 Å². The fourth-order valence-corrected chi connectivity index (χ4v) is 2.58. The van der Waals surface area contributed by atoms with Crippen molar-refractivity contribution in [3.63, 3.8) is 0 Å². The molecule has 0 N–H and O–H groups in total. The molecule has 3 nitrogen and oxygen atoms in total. The van der Waals surface area contributed by atoms with Crippen LogP contribution in [-0.4, -0.2) is 25.7 Å². The van der Waals surface area contributed by atoms with Gasteiger partial charge in [0.25, 0.3) is 0 Å². The van der Waals surface area contributed by atoms with Crippen molar-refractivity contribution in [2.24, 2.45) is 5.92 Å². The molecule has 0 fully saturated rings. The van der Waals surface area contributed by atoms with Gasteiger partial charge in [0, 0.05) is 18.1 Å². The van der Waals surface area contributed by atoms with E-state index in [-0.39, 0.29) is 23.2 Å². The Labute approximate surface area is 86.8 Å². The summed E-state index contributed by atoms with van der Waals surface area (Å²) in [5, 5.41) is 0. The third-order valence-electron chi connectivity index (χ3n) is 2.04. The lowest BCUT2D eigenvalue weighted by Gasteiger charge is -2.04. The zero-order valence-corrected chi connectivity index (χ0v) is 10.1. The highest BCUT2D eigenvalue weighted by atomic mass is 32.2. The van der Waals surface area contributed by atoms with Crippen LogP contribution in [0, 0.1) is 5.92 Å². The average molecular weight is 220 g/mol. The standard InChI is InChI=1S/C10H20O3S/c1-4-7-14(12,13)8-5-6-10(11)9(2)3/h9H,4-8H2,1-3H3. The maximum atomic E-state index is 11.3. The molecule has 0 aromatic rings. The van der Waals surface area contributed by atoms with Gasteiger partial charge in [0.15, 0.2) is 0 Å². The summed E-state index contributed by atoms with van der Waals surface area (Å²) in [5.41, 5.74) is 0. The second-order valence-corrected chi connectivity index (χ2v) is 6.18. The minimum atomic E-state index is -2.91. The molecule has 0 saturated heterocycles. The van der Waals surface area contributed by atoms with Gasteiger partial charge in [-0.1, -0.05) is 20.8 Å². The molecule has 0 spiro atoms. The van der Waals surface area contributed by atoms with Crippen molar-refractivity contribution in [3.8, 4) is 0 Å². The normalized spacial score (nSPS) is 12.0. The van der Waals surface area contributed by atoms with Gasteiger partial charge in [0.2, 0.25) is 0 Å². The third kappa shape index (κ3) is 6.13. The van der Waals surface area contributed by atoms with Gasteiger partial charge in [-0.3, -0.25) is 4.79 Å². The lowest BCUT2D eigenvalue weighted by atomic mass is 10.1. The first kappa shape index (κ1) is 13.6. The van der Waals surface area contributed by atoms with E-state index in [9.17, 15) is 13.2 Å². The minimum absolute atomic E-state index is 0.0175. The molecule has 0 bridgehead atoms. The van der Waals surface area contributed by atoms with Crippen molar-refractivity contribution < 1.29 is 13.2 Å². The highest BCUT2D eigenvalue weighted by molar-refractivity contribution is 7.91. The number of sulfone groups is 1. The highest BCUT2D eigenvalue weighted by Gasteiger charge is 2.12. The van der Waals surface area contributed by atoms with E-state index in [0.29, 0.717) is 19.3 Å². The number of rotatable bonds is 7. The zero-order chi connectivity index (χ0) is 11.2. The molecule has 0 amide bonds. The molecule has 0 aliphatic carbocycles. The lowest BCUT2D eigenvalue weighted by molar-refractivity contribution is -0.121. The Hall–Kier alpha value is -0.380. The predicted molar refractivity (Wildman–Crippen MR) is 58.0 cm³/mol. The Morgan fingerprint density at radius 2 is 1.79 bits per heavy atom. The molecule has 84 valence electrons. The van der Waals surface area contributed by atoms with Crippen LogP contribution in [0.25, 0.3) is 0 Å². The number of hydrogen-bond donors (Lipinski definition) is 0. The number of Topliss-reactive ketones (excluding diaryl/α,β-unsaturated/α-hetero) is 1. The molecule has 0 aromatic carbocycles. The first-order chi connectivity index (χ1) is 6.39. The number of hydrogen-bond acceptors (Lipinski definition) is 3. The van der Waals surface area contributed by atoms with Crippen LogP contribution in [0.15, 0.2) is 0 Å². The van der Waals surface area contributed by atoms with Gasteiger partial charge in [0.1, 0.15) is 15.6 Å². The molecule has 0 unspecified atom stereocenters. The van der Waals surface area contributed by atoms with E-state index in [2.05, 4.69) is 0 Å². The molecule has 0 saturated carbocycles. The van der Waals surface area contributed by atoms with Gasteiger partial charge >= 0.3 is 0 Å². The van der Waals surface area contributed by atoms with Gasteiger partial charge in [-0.15, -0.1) is 0 Å². The van der Waals surface area contributed by atoms with Gasteiger partial charge in [-0.2, -0.15) is 0 Å². The second-order valence-electron chi connectivity index (χ2n) is 3.88. The van der Waals surface area contributed by atoms with Crippen molar-refractivity contribution in [3.05, 3.63) is 0 Å². The summed E-state index contributed by atoms with van der Waals surface area (Å²) >= 11 is 0. The molecule has 0 radical (unpaired) electrons. The van der Waals surface area contributed by atoms with Crippen molar-refractivity contribution in [2.75, 3.05) is 11.5 Å². The Kier molecular flexibility index (Phi) is 6.00. The molecule has 0 aromatic heterocycles. The van der Waals surface area contributed by atoms with E-state index in [1.807, 2.05) is 20.8 Å². The lowest BCUT2D eigenvalue weighted by Crippen LogP contribution is -2.13. The zero-order valence-electron chi connectivity index (χ0n) is 9.25. The van der Waals surface area contributed by atoms with Crippen molar-refractivity contribution >= 4 is 15.6 Å². The summed E-state index contributed by atoms with van der Waals surface area (Å²) in [5.74, 6) is 0.558. The smallest absolute Gasteiger partial charge is 0.150 e. The molecular weight excluding hydrogens is 200 g/mol. The third-order valence-corrected chi connectivity index (χ3v) is 3.98. The van der Waals surface area contributed by atoms with E-state index in [1.54, 1.807) is 0 Å². The van der Waals surface area contributed by atoms with Crippen molar-refractivity contribution in [1.29, 1.82) is 0 Å². The molecule has 0 rings (SSSR count). The van der Waals surface area contributed by atoms with Crippen LogP contribution < -0.4 is 0 Å². The first-order valence-corrected chi connectivity index (χ1v) is 6.94. The topological polar surface area (TPSA) is 51.2 Å². The molecule has 0 aliphatic rings. The maximum Gasteiger partial charge on any atom is 0.150 e. The van der Waals surface area contributed by atoms with Crippen molar-refractivity contribution in [1.82, 2.24) is 0 Å². The predicted octanol–water partition coefficient (Wildman–Crippen LogP) is 1.82.